The van der Waals surface area contributed by atoms with Crippen LogP contribution in [0, 0.1) is 17.8 Å². The van der Waals surface area contributed by atoms with Crippen LogP contribution < -0.4 is 4.90 Å². The number of carbonyl (C=O) groups is 4. The summed E-state index contributed by atoms with van der Waals surface area (Å²) in [5.41, 5.74) is 1.26. The molecule has 38 heavy (non-hydrogen) atoms. The molecule has 3 fully saturated rings. The molecule has 2 saturated heterocycles. The van der Waals surface area contributed by atoms with E-state index in [4.69, 9.17) is 34.8 Å². The number of carbonyl (C=O) groups excluding carboxylic acids is 4. The van der Waals surface area contributed by atoms with Gasteiger partial charge >= 0.3 is 0 Å². The van der Waals surface area contributed by atoms with Crippen molar-refractivity contribution in [3.05, 3.63) is 69.2 Å². The summed E-state index contributed by atoms with van der Waals surface area (Å²) in [7, 11) is 1.31. The number of phenolic OH excluding ortho intramolecular Hbond substituents is 1. The minimum absolute atomic E-state index is 0.120. The Kier molecular flexibility index (Phi) is 5.82. The predicted octanol–water partition coefficient (Wildman–Crippen LogP) is 5.00. The first-order chi connectivity index (χ1) is 17.9. The predicted molar refractivity (Wildman–Crippen MR) is 145 cm³/mol. The molecule has 0 spiro atoms. The first-order valence-corrected chi connectivity index (χ1v) is 13.9. The lowest BCUT2D eigenvalue weighted by Gasteiger charge is -2.50. The van der Waals surface area contributed by atoms with Gasteiger partial charge in [-0.05, 0) is 61.2 Å². The van der Waals surface area contributed by atoms with Gasteiger partial charge in [0, 0.05) is 28.0 Å². The Bertz CT molecular complexity index is 1480. The van der Waals surface area contributed by atoms with Gasteiger partial charge in [-0.1, -0.05) is 39.2 Å². The number of phenols is 1. The highest BCUT2D eigenvalue weighted by Gasteiger charge is 2.76. The molecule has 6 unspecified atom stereocenters. The highest BCUT2D eigenvalue weighted by atomic mass is 79.9. The van der Waals surface area contributed by atoms with Gasteiger partial charge in [-0.2, -0.15) is 0 Å². The molecule has 2 heterocycles. The first-order valence-electron chi connectivity index (χ1n) is 11.9. The van der Waals surface area contributed by atoms with E-state index in [1.54, 1.807) is 24.3 Å². The fourth-order valence-corrected chi connectivity index (χ4v) is 8.15. The van der Waals surface area contributed by atoms with E-state index in [1.165, 1.54) is 30.1 Å². The van der Waals surface area contributed by atoms with Crippen LogP contribution in [0.3, 0.4) is 0 Å². The molecule has 0 aromatic heterocycles. The van der Waals surface area contributed by atoms with Gasteiger partial charge in [0.05, 0.1) is 17.5 Å². The second-order valence-corrected chi connectivity index (χ2v) is 12.8. The zero-order chi connectivity index (χ0) is 27.3. The molecule has 1 N–H and O–H groups in total. The summed E-state index contributed by atoms with van der Waals surface area (Å²) >= 11 is 23.8. The molecule has 6 atom stereocenters. The van der Waals surface area contributed by atoms with Crippen LogP contribution >= 0.6 is 50.7 Å². The van der Waals surface area contributed by atoms with E-state index in [1.807, 2.05) is 6.08 Å². The summed E-state index contributed by atoms with van der Waals surface area (Å²) in [6, 6.07) is 11.2. The van der Waals surface area contributed by atoms with Crippen LogP contribution in [-0.4, -0.2) is 50.4 Å². The third-order valence-corrected chi connectivity index (χ3v) is 10.6. The molecule has 2 aliphatic carbocycles. The van der Waals surface area contributed by atoms with Crippen molar-refractivity contribution in [1.82, 2.24) is 4.90 Å². The summed E-state index contributed by atoms with van der Waals surface area (Å²) in [4.78, 5) is 52.6. The average molecular weight is 639 g/mol. The number of aromatic hydroxyl groups is 1. The fourth-order valence-electron chi connectivity index (χ4n) is 6.69. The summed E-state index contributed by atoms with van der Waals surface area (Å²) in [5.74, 6) is -5.53. The molecule has 4 aliphatic rings. The van der Waals surface area contributed by atoms with E-state index in [0.717, 1.165) is 9.37 Å². The van der Waals surface area contributed by atoms with Crippen molar-refractivity contribution in [2.45, 2.75) is 28.5 Å². The number of anilines is 1. The van der Waals surface area contributed by atoms with Crippen LogP contribution in [-0.2, 0) is 19.2 Å². The van der Waals surface area contributed by atoms with Crippen molar-refractivity contribution >= 4 is 80.0 Å². The highest BCUT2D eigenvalue weighted by Crippen LogP contribution is 2.66. The number of alkyl halides is 2. The minimum Gasteiger partial charge on any atom is -0.508 e. The number of halogens is 4. The van der Waals surface area contributed by atoms with E-state index < -0.39 is 51.1 Å². The van der Waals surface area contributed by atoms with E-state index in [2.05, 4.69) is 15.9 Å². The van der Waals surface area contributed by atoms with Gasteiger partial charge in [0.1, 0.15) is 5.75 Å². The Morgan fingerprint density at radius 2 is 1.66 bits per heavy atom. The van der Waals surface area contributed by atoms with Gasteiger partial charge in [0.25, 0.3) is 11.8 Å². The first kappa shape index (κ1) is 25.9. The van der Waals surface area contributed by atoms with Gasteiger partial charge in [0.2, 0.25) is 11.8 Å². The largest absolute Gasteiger partial charge is 0.508 e. The molecule has 2 aliphatic heterocycles. The molecule has 0 bridgehead atoms. The summed E-state index contributed by atoms with van der Waals surface area (Å²) < 4.78 is 0.800. The molecule has 2 aromatic carbocycles. The van der Waals surface area contributed by atoms with Crippen molar-refractivity contribution in [3.8, 4) is 5.75 Å². The molecular formula is C27H20BrCl3N2O5. The lowest BCUT2D eigenvalue weighted by Crippen LogP contribution is -2.60. The van der Waals surface area contributed by atoms with Crippen LogP contribution in [0.15, 0.2) is 58.6 Å². The molecule has 4 amide bonds. The number of imide groups is 2. The molecule has 2 aromatic rings. The summed E-state index contributed by atoms with van der Waals surface area (Å²) in [6.07, 6.45) is 1.92. The number of benzene rings is 2. The number of fused-ring (bicyclic) bond motifs is 4. The molecule has 196 valence electrons. The topological polar surface area (TPSA) is 95.0 Å². The van der Waals surface area contributed by atoms with Crippen molar-refractivity contribution in [2.75, 3.05) is 11.9 Å². The number of amides is 4. The molecule has 6 rings (SSSR count). The Morgan fingerprint density at radius 1 is 0.974 bits per heavy atom. The minimum atomic E-state index is -1.98. The second kappa shape index (κ2) is 8.55. The SMILES string of the molecule is CN1C(=O)C2(Cl)CC3C(=CCC4C(=O)N(c5ccc(Br)cc5)C(=O)C43)C(c3cc(Cl)ccc3O)C2(Cl)C1=O. The van der Waals surface area contributed by atoms with Crippen molar-refractivity contribution in [2.24, 2.45) is 17.8 Å². The summed E-state index contributed by atoms with van der Waals surface area (Å²) in [6.45, 7) is 0. The molecular weight excluding hydrogens is 619 g/mol. The van der Waals surface area contributed by atoms with Crippen LogP contribution in [0.1, 0.15) is 24.3 Å². The normalized spacial score (nSPS) is 34.3. The molecule has 1 saturated carbocycles. The van der Waals surface area contributed by atoms with E-state index in [9.17, 15) is 24.3 Å². The maximum absolute atomic E-state index is 13.9. The maximum Gasteiger partial charge on any atom is 0.253 e. The monoisotopic (exact) mass is 636 g/mol. The molecule has 7 nitrogen and oxygen atoms in total. The van der Waals surface area contributed by atoms with Crippen LogP contribution in [0.5, 0.6) is 5.75 Å². The number of rotatable bonds is 2. The molecule has 11 heteroatoms. The van der Waals surface area contributed by atoms with Gasteiger partial charge in [0.15, 0.2) is 9.75 Å². The third-order valence-electron chi connectivity index (χ3n) is 8.40. The Balaban J connectivity index is 1.53. The number of hydrogen-bond acceptors (Lipinski definition) is 5. The average Bonchev–Trinajstić information content (AvgIpc) is 3.21. The Hall–Kier alpha value is -2.39. The quantitative estimate of drug-likeness (QED) is 0.284. The highest BCUT2D eigenvalue weighted by molar-refractivity contribution is 9.10. The third kappa shape index (κ3) is 3.20. The van der Waals surface area contributed by atoms with E-state index >= 15 is 0 Å². The Morgan fingerprint density at radius 3 is 2.34 bits per heavy atom. The van der Waals surface area contributed by atoms with Crippen molar-refractivity contribution < 1.29 is 24.3 Å². The number of hydrogen-bond donors (Lipinski definition) is 1. The van der Waals surface area contributed by atoms with Crippen LogP contribution in [0.25, 0.3) is 0 Å². The number of allylic oxidation sites excluding steroid dienone is 2. The smallest absolute Gasteiger partial charge is 0.253 e. The van der Waals surface area contributed by atoms with Gasteiger partial charge < -0.3 is 5.11 Å². The van der Waals surface area contributed by atoms with Gasteiger partial charge in [-0.15, -0.1) is 23.2 Å². The Labute approximate surface area is 241 Å². The van der Waals surface area contributed by atoms with E-state index in [0.29, 0.717) is 11.3 Å². The molecule has 0 radical (unpaired) electrons. The zero-order valence-corrected chi connectivity index (χ0v) is 23.7. The van der Waals surface area contributed by atoms with Crippen LogP contribution in [0.2, 0.25) is 5.02 Å². The van der Waals surface area contributed by atoms with Gasteiger partial charge in [-0.3, -0.25) is 29.0 Å². The number of likely N-dealkylation sites (tertiary alicyclic amines) is 1. The standard InChI is InChI=1S/C27H20BrCl3N2O5/c1-32-24(37)26(30)11-18-15(21(27(26,31)25(32)38)17-10-13(29)4-9-19(17)34)7-8-16-20(18)23(36)33(22(16)35)14-5-2-12(28)3-6-14/h2-7,9-10,16,18,20-21,34H,8,11H2,1H3. The zero-order valence-electron chi connectivity index (χ0n) is 19.8. The second-order valence-electron chi connectivity index (χ2n) is 10.2. The van der Waals surface area contributed by atoms with E-state index in [-0.39, 0.29) is 35.1 Å². The maximum atomic E-state index is 13.9. The van der Waals surface area contributed by atoms with Crippen LogP contribution in [0.4, 0.5) is 5.69 Å². The number of nitrogens with zero attached hydrogens (tertiary/aromatic N) is 2. The lowest BCUT2D eigenvalue weighted by molar-refractivity contribution is -0.138. The van der Waals surface area contributed by atoms with Crippen molar-refractivity contribution in [1.29, 1.82) is 0 Å². The fraction of sp³-hybridized carbons (Fsp3) is 0.333. The lowest BCUT2D eigenvalue weighted by atomic mass is 9.56. The summed E-state index contributed by atoms with van der Waals surface area (Å²) in [5, 5.41) is 11.2. The van der Waals surface area contributed by atoms with Crippen molar-refractivity contribution in [3.63, 3.8) is 0 Å². The van der Waals surface area contributed by atoms with Gasteiger partial charge in [-0.25, -0.2) is 0 Å².